The van der Waals surface area contributed by atoms with Crippen molar-refractivity contribution < 1.29 is 0 Å². The highest BCUT2D eigenvalue weighted by molar-refractivity contribution is 5.20. The largest absolute Gasteiger partial charge is 0.258 e. The van der Waals surface area contributed by atoms with Gasteiger partial charge in [-0.05, 0) is 38.5 Å². The fourth-order valence-corrected chi connectivity index (χ4v) is 0.925. The minimum Gasteiger partial charge on any atom is -0.258 e. The van der Waals surface area contributed by atoms with Crippen molar-refractivity contribution in [2.75, 3.05) is 0 Å². The first-order chi connectivity index (χ1) is 4.18. The molecule has 0 aliphatic heterocycles. The van der Waals surface area contributed by atoms with Gasteiger partial charge in [0.2, 0.25) is 0 Å². The molecule has 0 fully saturated rings. The molecule has 0 amide bonds. The molecule has 1 rings (SSSR count). The molecule has 0 unspecified atom stereocenters. The van der Waals surface area contributed by atoms with Gasteiger partial charge in [0.25, 0.3) is 0 Å². The molecular formula is C8H10N. The lowest BCUT2D eigenvalue weighted by Crippen LogP contribution is -1.85. The van der Waals surface area contributed by atoms with Crippen LogP contribution in [-0.4, -0.2) is 4.98 Å². The molecule has 1 heteroatoms. The number of nitrogens with zero attached hydrogens (tertiary/aromatic N) is 1. The molecule has 1 aromatic rings. The molecule has 0 aromatic carbocycles. The van der Waals surface area contributed by atoms with Gasteiger partial charge in [0.05, 0.1) is 0 Å². The third-order valence-corrected chi connectivity index (χ3v) is 1.15. The number of aromatic nitrogens is 1. The van der Waals surface area contributed by atoms with E-state index in [-0.39, 0.29) is 0 Å². The molecule has 1 radical (unpaired) electrons. The Balaban J connectivity index is 3.17. The molecular weight excluding hydrogens is 110 g/mol. The van der Waals surface area contributed by atoms with E-state index in [1.165, 1.54) is 5.56 Å². The summed E-state index contributed by atoms with van der Waals surface area (Å²) in [6.07, 6.45) is 0. The summed E-state index contributed by atoms with van der Waals surface area (Å²) >= 11 is 0. The Bertz CT molecular complexity index is 165. The first kappa shape index (κ1) is 6.27. The average Bonchev–Trinajstić information content (AvgIpc) is 1.59. The van der Waals surface area contributed by atoms with E-state index in [1.807, 2.05) is 26.0 Å². The van der Waals surface area contributed by atoms with Crippen LogP contribution in [0.4, 0.5) is 0 Å². The van der Waals surface area contributed by atoms with Gasteiger partial charge in [-0.3, -0.25) is 4.98 Å². The summed E-state index contributed by atoms with van der Waals surface area (Å²) in [4.78, 5) is 4.12. The van der Waals surface area contributed by atoms with Crippen LogP contribution >= 0.6 is 0 Å². The number of hydrogen-bond acceptors (Lipinski definition) is 1. The molecule has 0 atom stereocenters. The molecule has 1 aromatic heterocycles. The lowest BCUT2D eigenvalue weighted by molar-refractivity contribution is 1.14. The second kappa shape index (κ2) is 2.18. The van der Waals surface area contributed by atoms with E-state index in [2.05, 4.69) is 11.9 Å². The maximum absolute atomic E-state index is 4.12. The molecule has 9 heavy (non-hydrogen) atoms. The van der Waals surface area contributed by atoms with Crippen LogP contribution in [-0.2, 0) is 0 Å². The molecule has 0 aliphatic carbocycles. The first-order valence-electron chi connectivity index (χ1n) is 2.96. The van der Waals surface area contributed by atoms with Crippen molar-refractivity contribution in [3.8, 4) is 0 Å². The highest BCUT2D eigenvalue weighted by atomic mass is 14.7. The molecule has 0 saturated carbocycles. The maximum Gasteiger partial charge on any atom is 0.0413 e. The average molecular weight is 120 g/mol. The molecule has 0 aliphatic rings. The lowest BCUT2D eigenvalue weighted by Gasteiger charge is -1.95. The topological polar surface area (TPSA) is 12.9 Å². The molecule has 0 saturated heterocycles. The van der Waals surface area contributed by atoms with Crippen LogP contribution < -0.4 is 0 Å². The molecule has 0 N–H and O–H groups in total. The second-order valence-electron chi connectivity index (χ2n) is 2.28. The summed E-state index contributed by atoms with van der Waals surface area (Å²) in [5.74, 6) is 0. The minimum atomic E-state index is 0.854. The van der Waals surface area contributed by atoms with E-state index in [0.29, 0.717) is 0 Å². The van der Waals surface area contributed by atoms with E-state index >= 15 is 0 Å². The van der Waals surface area contributed by atoms with Gasteiger partial charge in [0.15, 0.2) is 0 Å². The summed E-state index contributed by atoms with van der Waals surface area (Å²) < 4.78 is 0. The second-order valence-corrected chi connectivity index (χ2v) is 2.28. The summed E-state index contributed by atoms with van der Waals surface area (Å²) in [6, 6.07) is 4.00. The highest BCUT2D eigenvalue weighted by Crippen LogP contribution is 2.01. The van der Waals surface area contributed by atoms with Crippen LogP contribution in [0.25, 0.3) is 0 Å². The van der Waals surface area contributed by atoms with E-state index in [1.54, 1.807) is 0 Å². The van der Waals surface area contributed by atoms with Crippen LogP contribution in [0, 0.1) is 20.8 Å². The number of rotatable bonds is 0. The van der Waals surface area contributed by atoms with Crippen LogP contribution in [0.2, 0.25) is 0 Å². The SMILES string of the molecule is [CH2]c1cc(C)cc(C)n1. The van der Waals surface area contributed by atoms with Gasteiger partial charge in [-0.25, -0.2) is 0 Å². The van der Waals surface area contributed by atoms with Gasteiger partial charge in [0, 0.05) is 11.4 Å². The standard InChI is InChI=1S/C8H10N/c1-6-4-7(2)9-8(3)5-6/h4-5H,2H2,1,3H3. The Kier molecular flexibility index (Phi) is 1.52. The van der Waals surface area contributed by atoms with Gasteiger partial charge < -0.3 is 0 Å². The Labute approximate surface area is 55.7 Å². The normalized spacial score (nSPS) is 9.67. The van der Waals surface area contributed by atoms with Crippen LogP contribution in [0.3, 0.4) is 0 Å². The fourth-order valence-electron chi connectivity index (χ4n) is 0.925. The Morgan fingerprint density at radius 2 is 2.00 bits per heavy atom. The van der Waals surface area contributed by atoms with E-state index in [9.17, 15) is 0 Å². The summed E-state index contributed by atoms with van der Waals surface area (Å²) in [5, 5.41) is 0. The highest BCUT2D eigenvalue weighted by Gasteiger charge is 1.88. The third-order valence-electron chi connectivity index (χ3n) is 1.15. The van der Waals surface area contributed by atoms with Gasteiger partial charge in [0.1, 0.15) is 0 Å². The minimum absolute atomic E-state index is 0.854. The zero-order valence-electron chi connectivity index (χ0n) is 5.81. The monoisotopic (exact) mass is 120 g/mol. The lowest BCUT2D eigenvalue weighted by atomic mass is 10.2. The fraction of sp³-hybridized carbons (Fsp3) is 0.250. The van der Waals surface area contributed by atoms with Gasteiger partial charge in [-0.15, -0.1) is 0 Å². The van der Waals surface area contributed by atoms with Crippen molar-refractivity contribution in [1.29, 1.82) is 0 Å². The Hall–Kier alpha value is -0.850. The smallest absolute Gasteiger partial charge is 0.0413 e. The summed E-state index contributed by atoms with van der Waals surface area (Å²) in [6.45, 7) is 7.75. The molecule has 1 heterocycles. The zero-order valence-corrected chi connectivity index (χ0v) is 5.81. The Morgan fingerprint density at radius 1 is 1.33 bits per heavy atom. The molecule has 0 spiro atoms. The summed E-state index contributed by atoms with van der Waals surface area (Å²) in [7, 11) is 0. The van der Waals surface area contributed by atoms with Crippen molar-refractivity contribution in [3.63, 3.8) is 0 Å². The van der Waals surface area contributed by atoms with Gasteiger partial charge >= 0.3 is 0 Å². The molecule has 1 nitrogen and oxygen atoms in total. The number of pyridine rings is 1. The third kappa shape index (κ3) is 1.53. The van der Waals surface area contributed by atoms with Crippen molar-refractivity contribution in [2.45, 2.75) is 13.8 Å². The summed E-state index contributed by atoms with van der Waals surface area (Å²) in [5.41, 5.74) is 3.13. The number of hydrogen-bond donors (Lipinski definition) is 0. The quantitative estimate of drug-likeness (QED) is 0.509. The van der Waals surface area contributed by atoms with Crippen molar-refractivity contribution in [1.82, 2.24) is 4.98 Å². The first-order valence-corrected chi connectivity index (χ1v) is 2.96. The molecule has 47 valence electrons. The predicted molar refractivity (Wildman–Crippen MR) is 38.2 cm³/mol. The van der Waals surface area contributed by atoms with Crippen molar-refractivity contribution in [2.24, 2.45) is 0 Å². The van der Waals surface area contributed by atoms with E-state index in [4.69, 9.17) is 0 Å². The van der Waals surface area contributed by atoms with Crippen molar-refractivity contribution in [3.05, 3.63) is 36.0 Å². The predicted octanol–water partition coefficient (Wildman–Crippen LogP) is 1.88. The van der Waals surface area contributed by atoms with Crippen LogP contribution in [0.5, 0.6) is 0 Å². The van der Waals surface area contributed by atoms with Crippen molar-refractivity contribution >= 4 is 0 Å². The Morgan fingerprint density at radius 3 is 2.44 bits per heavy atom. The number of aryl methyl sites for hydroxylation is 2. The van der Waals surface area contributed by atoms with Crippen LogP contribution in [0.1, 0.15) is 17.0 Å². The van der Waals surface area contributed by atoms with Gasteiger partial charge in [-0.1, -0.05) is 0 Å². The van der Waals surface area contributed by atoms with Gasteiger partial charge in [-0.2, -0.15) is 0 Å². The van der Waals surface area contributed by atoms with E-state index < -0.39 is 0 Å². The van der Waals surface area contributed by atoms with Crippen LogP contribution in [0.15, 0.2) is 12.1 Å². The van der Waals surface area contributed by atoms with E-state index in [0.717, 1.165) is 11.4 Å². The zero-order chi connectivity index (χ0) is 6.85. The molecule has 0 bridgehead atoms. The maximum atomic E-state index is 4.12.